The number of hydrogen-bond acceptors (Lipinski definition) is 6. The highest BCUT2D eigenvalue weighted by molar-refractivity contribution is 7.21. The fourth-order valence-corrected chi connectivity index (χ4v) is 3.83. The largest absolute Gasteiger partial charge is 0.331 e. The third kappa shape index (κ3) is 2.85. The van der Waals surface area contributed by atoms with Gasteiger partial charge in [0.15, 0.2) is 15.5 Å². The molecule has 0 saturated carbocycles. The van der Waals surface area contributed by atoms with Crippen molar-refractivity contribution in [2.45, 2.75) is 20.8 Å². The molecule has 4 rings (SSSR count). The van der Waals surface area contributed by atoms with Gasteiger partial charge in [-0.25, -0.2) is 9.97 Å². The van der Waals surface area contributed by atoms with Crippen molar-refractivity contribution in [3.8, 4) is 0 Å². The molecule has 0 amide bonds. The first-order valence-electron chi connectivity index (χ1n) is 7.94. The summed E-state index contributed by atoms with van der Waals surface area (Å²) < 4.78 is 0. The van der Waals surface area contributed by atoms with Crippen LogP contribution in [0.1, 0.15) is 16.7 Å². The van der Waals surface area contributed by atoms with Crippen LogP contribution in [0.2, 0.25) is 0 Å². The van der Waals surface area contributed by atoms with Crippen molar-refractivity contribution in [1.29, 1.82) is 0 Å². The molecule has 0 aliphatic heterocycles. The number of anilines is 2. The van der Waals surface area contributed by atoms with E-state index < -0.39 is 0 Å². The van der Waals surface area contributed by atoms with Gasteiger partial charge in [0.1, 0.15) is 0 Å². The molecule has 0 radical (unpaired) electrons. The molecule has 1 N–H and O–H groups in total. The number of para-hydroxylation sites is 2. The summed E-state index contributed by atoms with van der Waals surface area (Å²) in [5.41, 5.74) is 5.83. The Bertz CT molecular complexity index is 1160. The molecule has 0 unspecified atom stereocenters. The van der Waals surface area contributed by atoms with Crippen LogP contribution in [-0.4, -0.2) is 15.0 Å². The maximum absolute atomic E-state index is 12.4. The monoisotopic (exact) mass is 348 g/mol. The van der Waals surface area contributed by atoms with E-state index >= 15 is 0 Å². The van der Waals surface area contributed by atoms with Gasteiger partial charge < -0.3 is 5.32 Å². The molecule has 0 fully saturated rings. The van der Waals surface area contributed by atoms with Gasteiger partial charge in [-0.2, -0.15) is 4.98 Å². The molecular weight excluding hydrogens is 332 g/mol. The van der Waals surface area contributed by atoms with Crippen molar-refractivity contribution in [3.05, 3.63) is 63.4 Å². The summed E-state index contributed by atoms with van der Waals surface area (Å²) in [7, 11) is 0. The molecule has 0 aliphatic carbocycles. The van der Waals surface area contributed by atoms with Crippen molar-refractivity contribution in [1.82, 2.24) is 15.0 Å². The molecule has 124 valence electrons. The molecule has 0 spiro atoms. The summed E-state index contributed by atoms with van der Waals surface area (Å²) in [6.45, 7) is 6.15. The van der Waals surface area contributed by atoms with E-state index in [9.17, 15) is 4.79 Å². The van der Waals surface area contributed by atoms with E-state index in [4.69, 9.17) is 0 Å². The van der Waals surface area contributed by atoms with Gasteiger partial charge in [0.05, 0.1) is 11.0 Å². The minimum Gasteiger partial charge on any atom is -0.331 e. The average molecular weight is 348 g/mol. The highest BCUT2D eigenvalue weighted by Crippen LogP contribution is 2.28. The van der Waals surface area contributed by atoms with Crippen LogP contribution in [0.25, 0.3) is 21.4 Å². The number of aryl methyl sites for hydroxylation is 3. The van der Waals surface area contributed by atoms with Gasteiger partial charge in [-0.1, -0.05) is 41.2 Å². The van der Waals surface area contributed by atoms with Crippen molar-refractivity contribution >= 4 is 43.5 Å². The Kier molecular flexibility index (Phi) is 3.69. The molecule has 2 aromatic heterocycles. The van der Waals surface area contributed by atoms with Crippen LogP contribution in [0.3, 0.4) is 0 Å². The molecule has 25 heavy (non-hydrogen) atoms. The Morgan fingerprint density at radius 3 is 2.24 bits per heavy atom. The minimum absolute atomic E-state index is 0.312. The third-order valence-electron chi connectivity index (χ3n) is 4.05. The second kappa shape index (κ2) is 5.89. The standard InChI is InChI=1S/C19H16N4OS/c1-10-8-11(2)15(12(3)9-10)22-19-23-17(24)16-18(25-19)21-14-7-5-4-6-13(14)20-16/h4-9H,1-3H3,(H,22,23,24). The number of benzene rings is 2. The van der Waals surface area contributed by atoms with E-state index in [0.29, 0.717) is 21.0 Å². The summed E-state index contributed by atoms with van der Waals surface area (Å²) in [6, 6.07) is 11.7. The fourth-order valence-electron chi connectivity index (χ4n) is 2.99. The Labute approximate surface area is 148 Å². The molecular formula is C19H16N4OS. The summed E-state index contributed by atoms with van der Waals surface area (Å²) >= 11 is 1.34. The topological polar surface area (TPSA) is 67.8 Å². The Balaban J connectivity index is 1.86. The van der Waals surface area contributed by atoms with Crippen LogP contribution >= 0.6 is 11.3 Å². The predicted molar refractivity (Wildman–Crippen MR) is 103 cm³/mol. The Morgan fingerprint density at radius 2 is 1.56 bits per heavy atom. The Hall–Kier alpha value is -2.86. The zero-order valence-electron chi connectivity index (χ0n) is 14.1. The molecule has 2 aromatic carbocycles. The van der Waals surface area contributed by atoms with Crippen LogP contribution in [0.15, 0.2) is 41.2 Å². The lowest BCUT2D eigenvalue weighted by Gasteiger charge is -2.12. The zero-order chi connectivity index (χ0) is 17.6. The first kappa shape index (κ1) is 15.7. The van der Waals surface area contributed by atoms with Crippen LogP contribution in [0, 0.1) is 20.8 Å². The average Bonchev–Trinajstić information content (AvgIpc) is 2.56. The SMILES string of the molecule is Cc1cc(C)c(Nc2nc(=O)c3nc4ccccc4nc3s2)c(C)c1. The van der Waals surface area contributed by atoms with Crippen molar-refractivity contribution < 1.29 is 0 Å². The summed E-state index contributed by atoms with van der Waals surface area (Å²) in [5.74, 6) is 0. The first-order chi connectivity index (χ1) is 12.0. The summed E-state index contributed by atoms with van der Waals surface area (Å²) in [4.78, 5) is 26.1. The van der Waals surface area contributed by atoms with E-state index in [2.05, 4.69) is 39.3 Å². The van der Waals surface area contributed by atoms with Gasteiger partial charge in [0, 0.05) is 5.69 Å². The zero-order valence-corrected chi connectivity index (χ0v) is 14.9. The van der Waals surface area contributed by atoms with Gasteiger partial charge in [-0.3, -0.25) is 4.79 Å². The van der Waals surface area contributed by atoms with Crippen molar-refractivity contribution in [3.63, 3.8) is 0 Å². The first-order valence-corrected chi connectivity index (χ1v) is 8.75. The lowest BCUT2D eigenvalue weighted by atomic mass is 10.1. The number of aromatic nitrogens is 3. The minimum atomic E-state index is -0.364. The number of nitrogens with one attached hydrogen (secondary N) is 1. The smallest absolute Gasteiger partial charge is 0.301 e. The van der Waals surface area contributed by atoms with Crippen LogP contribution in [-0.2, 0) is 0 Å². The number of nitrogens with zero attached hydrogens (tertiary/aromatic N) is 3. The molecule has 0 saturated heterocycles. The molecule has 0 bridgehead atoms. The van der Waals surface area contributed by atoms with Gasteiger partial charge in [-0.05, 0) is 44.0 Å². The van der Waals surface area contributed by atoms with Gasteiger partial charge in [-0.15, -0.1) is 0 Å². The van der Waals surface area contributed by atoms with Gasteiger partial charge >= 0.3 is 5.56 Å². The van der Waals surface area contributed by atoms with E-state index in [1.807, 2.05) is 38.1 Å². The van der Waals surface area contributed by atoms with E-state index in [-0.39, 0.29) is 5.56 Å². The molecule has 5 nitrogen and oxygen atoms in total. The molecule has 0 atom stereocenters. The molecule has 6 heteroatoms. The Morgan fingerprint density at radius 1 is 0.920 bits per heavy atom. The second-order valence-corrected chi connectivity index (χ2v) is 7.07. The maximum Gasteiger partial charge on any atom is 0.301 e. The van der Waals surface area contributed by atoms with Gasteiger partial charge in [0.2, 0.25) is 0 Å². The summed E-state index contributed by atoms with van der Waals surface area (Å²) in [5, 5.41) is 3.81. The van der Waals surface area contributed by atoms with Crippen LogP contribution in [0.4, 0.5) is 10.8 Å². The second-order valence-electron chi connectivity index (χ2n) is 6.09. The van der Waals surface area contributed by atoms with E-state index in [1.54, 1.807) is 0 Å². The van der Waals surface area contributed by atoms with E-state index in [1.165, 1.54) is 16.9 Å². The van der Waals surface area contributed by atoms with Crippen molar-refractivity contribution in [2.24, 2.45) is 0 Å². The lowest BCUT2D eigenvalue weighted by molar-refractivity contribution is 1.25. The number of fused-ring (bicyclic) bond motifs is 2. The normalized spacial score (nSPS) is 11.2. The molecule has 2 heterocycles. The number of hydrogen-bond donors (Lipinski definition) is 1. The quantitative estimate of drug-likeness (QED) is 0.548. The highest BCUT2D eigenvalue weighted by atomic mass is 32.1. The lowest BCUT2D eigenvalue weighted by Crippen LogP contribution is -2.10. The summed E-state index contributed by atoms with van der Waals surface area (Å²) in [6.07, 6.45) is 0. The molecule has 0 aliphatic rings. The van der Waals surface area contributed by atoms with Crippen LogP contribution < -0.4 is 10.9 Å². The fraction of sp³-hybridized carbons (Fsp3) is 0.158. The molecule has 4 aromatic rings. The highest BCUT2D eigenvalue weighted by Gasteiger charge is 2.11. The van der Waals surface area contributed by atoms with E-state index in [0.717, 1.165) is 22.3 Å². The van der Waals surface area contributed by atoms with Gasteiger partial charge in [0.25, 0.3) is 0 Å². The number of rotatable bonds is 2. The van der Waals surface area contributed by atoms with Crippen molar-refractivity contribution in [2.75, 3.05) is 5.32 Å². The predicted octanol–water partition coefficient (Wildman–Crippen LogP) is 4.27. The third-order valence-corrected chi connectivity index (χ3v) is 4.91. The maximum atomic E-state index is 12.4. The van der Waals surface area contributed by atoms with Crippen LogP contribution in [0.5, 0.6) is 0 Å².